The Morgan fingerprint density at radius 3 is 2.48 bits per heavy atom. The van der Waals surface area contributed by atoms with Crippen LogP contribution >= 0.6 is 35.3 Å². The highest BCUT2D eigenvalue weighted by atomic mass is 35.5. The predicted molar refractivity (Wildman–Crippen MR) is 124 cm³/mol. The highest BCUT2D eigenvalue weighted by molar-refractivity contribution is 7.22. The minimum atomic E-state index is 0. The van der Waals surface area contributed by atoms with E-state index in [0.717, 1.165) is 28.1 Å². The summed E-state index contributed by atoms with van der Waals surface area (Å²) in [7, 11) is 3.98. The molecule has 0 saturated carbocycles. The summed E-state index contributed by atoms with van der Waals surface area (Å²) in [6.45, 7) is 3.89. The van der Waals surface area contributed by atoms with Crippen molar-refractivity contribution in [3.05, 3.63) is 53.1 Å². The van der Waals surface area contributed by atoms with Crippen LogP contribution in [0, 0.1) is 0 Å². The van der Waals surface area contributed by atoms with E-state index >= 15 is 0 Å². The van der Waals surface area contributed by atoms with Crippen molar-refractivity contribution in [2.75, 3.05) is 38.7 Å². The smallest absolute Gasteiger partial charge is 0.233 e. The van der Waals surface area contributed by atoms with Gasteiger partial charge in [0.2, 0.25) is 5.91 Å². The molecule has 0 radical (unpaired) electrons. The van der Waals surface area contributed by atoms with E-state index in [-0.39, 0.29) is 18.3 Å². The van der Waals surface area contributed by atoms with Crippen LogP contribution in [0.25, 0.3) is 10.2 Å². The summed E-state index contributed by atoms with van der Waals surface area (Å²) in [4.78, 5) is 21.6. The number of fused-ring (bicyclic) bond motifs is 1. The summed E-state index contributed by atoms with van der Waals surface area (Å²) in [6.07, 6.45) is 0.309. The number of amides is 1. The zero-order chi connectivity index (χ0) is 20.1. The van der Waals surface area contributed by atoms with E-state index in [1.54, 1.807) is 4.90 Å². The van der Waals surface area contributed by atoms with Gasteiger partial charge in [0.15, 0.2) is 5.13 Å². The third-order valence-electron chi connectivity index (χ3n) is 4.25. The predicted octanol–water partition coefficient (Wildman–Crippen LogP) is 4.91. The van der Waals surface area contributed by atoms with Crippen molar-refractivity contribution >= 4 is 56.6 Å². The molecule has 1 heterocycles. The number of para-hydroxylation sites is 1. The largest absolute Gasteiger partial charge is 0.494 e. The molecule has 8 heteroatoms. The summed E-state index contributed by atoms with van der Waals surface area (Å²) < 4.78 is 6.45. The third-order valence-corrected chi connectivity index (χ3v) is 5.60. The summed E-state index contributed by atoms with van der Waals surface area (Å²) in [6, 6.07) is 13.4. The van der Waals surface area contributed by atoms with Crippen LogP contribution in [-0.2, 0) is 11.2 Å². The molecule has 2 aromatic carbocycles. The molecule has 0 fully saturated rings. The van der Waals surface area contributed by atoms with Crippen molar-refractivity contribution in [3.63, 3.8) is 0 Å². The quantitative estimate of drug-likeness (QED) is 0.486. The van der Waals surface area contributed by atoms with Crippen LogP contribution in [-0.4, -0.2) is 49.6 Å². The molecule has 29 heavy (non-hydrogen) atoms. The van der Waals surface area contributed by atoms with E-state index in [1.807, 2.05) is 63.5 Å². The lowest BCUT2D eigenvalue weighted by molar-refractivity contribution is -0.118. The van der Waals surface area contributed by atoms with E-state index in [1.165, 1.54) is 11.3 Å². The van der Waals surface area contributed by atoms with Crippen LogP contribution in [0.5, 0.6) is 5.75 Å². The first-order chi connectivity index (χ1) is 13.5. The molecule has 0 N–H and O–H groups in total. The molecule has 0 saturated heterocycles. The van der Waals surface area contributed by atoms with Crippen molar-refractivity contribution < 1.29 is 9.53 Å². The molecule has 1 amide bonds. The van der Waals surface area contributed by atoms with Gasteiger partial charge in [0.25, 0.3) is 0 Å². The maximum atomic E-state index is 13.1. The van der Waals surface area contributed by atoms with Gasteiger partial charge in [-0.2, -0.15) is 0 Å². The van der Waals surface area contributed by atoms with Crippen LogP contribution in [0.4, 0.5) is 5.13 Å². The van der Waals surface area contributed by atoms with Crippen molar-refractivity contribution in [1.82, 2.24) is 9.88 Å². The van der Waals surface area contributed by atoms with E-state index in [0.29, 0.717) is 29.7 Å². The summed E-state index contributed by atoms with van der Waals surface area (Å²) in [5.41, 5.74) is 1.69. The van der Waals surface area contributed by atoms with Gasteiger partial charge in [0, 0.05) is 13.1 Å². The second-order valence-electron chi connectivity index (χ2n) is 6.69. The van der Waals surface area contributed by atoms with E-state index in [2.05, 4.69) is 9.88 Å². The van der Waals surface area contributed by atoms with Crippen molar-refractivity contribution in [1.29, 1.82) is 0 Å². The third kappa shape index (κ3) is 6.06. The van der Waals surface area contributed by atoms with Crippen molar-refractivity contribution in [2.24, 2.45) is 0 Å². The van der Waals surface area contributed by atoms with Crippen LogP contribution < -0.4 is 9.64 Å². The van der Waals surface area contributed by atoms with Crippen LogP contribution in [0.2, 0.25) is 5.02 Å². The van der Waals surface area contributed by atoms with E-state index in [9.17, 15) is 4.79 Å². The Balaban J connectivity index is 0.00000300. The normalized spacial score (nSPS) is 10.8. The van der Waals surface area contributed by atoms with Crippen molar-refractivity contribution in [3.8, 4) is 5.75 Å². The molecule has 0 bridgehead atoms. The van der Waals surface area contributed by atoms with Crippen LogP contribution in [0.15, 0.2) is 42.5 Å². The average molecular weight is 454 g/mol. The van der Waals surface area contributed by atoms with Crippen LogP contribution in [0.1, 0.15) is 12.5 Å². The number of hydrogen-bond acceptors (Lipinski definition) is 5. The first kappa shape index (κ1) is 23.4. The number of nitrogens with zero attached hydrogens (tertiary/aromatic N) is 3. The van der Waals surface area contributed by atoms with E-state index < -0.39 is 0 Å². The Kier molecular flexibility index (Phi) is 8.71. The SMILES string of the molecule is CCOc1ccc(CC(=O)N(CCN(C)C)c2nc3c(Cl)cccc3s2)cc1.Cl. The lowest BCUT2D eigenvalue weighted by Crippen LogP contribution is -2.37. The Hall–Kier alpha value is -1.86. The van der Waals surface area contributed by atoms with Gasteiger partial charge in [-0.05, 0) is 50.8 Å². The molecule has 3 rings (SSSR count). The molecule has 0 aliphatic heterocycles. The van der Waals surface area contributed by atoms with Gasteiger partial charge in [0.05, 0.1) is 22.8 Å². The Morgan fingerprint density at radius 1 is 1.14 bits per heavy atom. The highest BCUT2D eigenvalue weighted by Crippen LogP contribution is 2.33. The zero-order valence-corrected chi connectivity index (χ0v) is 19.1. The summed E-state index contributed by atoms with van der Waals surface area (Å²) >= 11 is 7.76. The second kappa shape index (κ2) is 10.8. The van der Waals surface area contributed by atoms with Gasteiger partial charge in [-0.25, -0.2) is 4.98 Å². The summed E-state index contributed by atoms with van der Waals surface area (Å²) in [5, 5.41) is 1.28. The number of benzene rings is 2. The molecule has 156 valence electrons. The number of aromatic nitrogens is 1. The Morgan fingerprint density at radius 2 is 1.86 bits per heavy atom. The first-order valence-corrected chi connectivity index (χ1v) is 10.4. The monoisotopic (exact) mass is 453 g/mol. The minimum Gasteiger partial charge on any atom is -0.494 e. The van der Waals surface area contributed by atoms with Crippen molar-refractivity contribution in [2.45, 2.75) is 13.3 Å². The number of anilines is 1. The Bertz CT molecular complexity index is 945. The molecule has 3 aromatic rings. The molecular formula is C21H25Cl2N3O2S. The Labute approximate surface area is 186 Å². The number of halogens is 2. The number of carbonyl (C=O) groups is 1. The first-order valence-electron chi connectivity index (χ1n) is 9.20. The second-order valence-corrected chi connectivity index (χ2v) is 8.10. The lowest BCUT2D eigenvalue weighted by atomic mass is 10.1. The van der Waals surface area contributed by atoms with Gasteiger partial charge in [0.1, 0.15) is 11.3 Å². The fraction of sp³-hybridized carbons (Fsp3) is 0.333. The van der Waals surface area contributed by atoms with Gasteiger partial charge in [-0.1, -0.05) is 41.1 Å². The number of carbonyl (C=O) groups excluding carboxylic acids is 1. The molecule has 0 unspecified atom stereocenters. The standard InChI is InChI=1S/C21H24ClN3O2S.ClH/c1-4-27-16-10-8-15(9-11-16)14-19(26)25(13-12-24(2)3)21-23-20-17(22)6-5-7-18(20)28-21;/h5-11H,4,12-14H2,1-3H3;1H. The lowest BCUT2D eigenvalue weighted by Gasteiger charge is -2.22. The number of likely N-dealkylation sites (N-methyl/N-ethyl adjacent to an activating group) is 1. The number of rotatable bonds is 8. The minimum absolute atomic E-state index is 0. The fourth-order valence-corrected chi connectivity index (χ4v) is 4.09. The van der Waals surface area contributed by atoms with Gasteiger partial charge in [-0.3, -0.25) is 9.69 Å². The highest BCUT2D eigenvalue weighted by Gasteiger charge is 2.21. The molecule has 1 aromatic heterocycles. The van der Waals surface area contributed by atoms with Gasteiger partial charge in [-0.15, -0.1) is 12.4 Å². The molecule has 0 aliphatic carbocycles. The number of ether oxygens (including phenoxy) is 1. The molecular weight excluding hydrogens is 429 g/mol. The fourth-order valence-electron chi connectivity index (χ4n) is 2.79. The molecule has 0 spiro atoms. The number of hydrogen-bond donors (Lipinski definition) is 0. The molecule has 0 atom stereocenters. The van der Waals surface area contributed by atoms with E-state index in [4.69, 9.17) is 16.3 Å². The molecule has 0 aliphatic rings. The van der Waals surface area contributed by atoms with Gasteiger partial charge >= 0.3 is 0 Å². The summed E-state index contributed by atoms with van der Waals surface area (Å²) in [5.74, 6) is 0.824. The number of thiazole rings is 1. The topological polar surface area (TPSA) is 45.7 Å². The zero-order valence-electron chi connectivity index (χ0n) is 16.7. The maximum Gasteiger partial charge on any atom is 0.233 e. The average Bonchev–Trinajstić information content (AvgIpc) is 3.09. The molecule has 5 nitrogen and oxygen atoms in total. The van der Waals surface area contributed by atoms with Gasteiger partial charge < -0.3 is 9.64 Å². The maximum absolute atomic E-state index is 13.1. The van der Waals surface area contributed by atoms with Crippen LogP contribution in [0.3, 0.4) is 0 Å².